The third-order valence-corrected chi connectivity index (χ3v) is 7.33. The van der Waals surface area contributed by atoms with E-state index in [-0.39, 0.29) is 11.9 Å². The Morgan fingerprint density at radius 3 is 2.71 bits per heavy atom. The zero-order chi connectivity index (χ0) is 18.9. The lowest BCUT2D eigenvalue weighted by Crippen LogP contribution is -2.42. The Kier molecular flexibility index (Phi) is 4.84. The Morgan fingerprint density at radius 2 is 1.89 bits per heavy atom. The van der Waals surface area contributed by atoms with E-state index in [4.69, 9.17) is 0 Å². The highest BCUT2D eigenvalue weighted by Gasteiger charge is 2.33. The van der Waals surface area contributed by atoms with Crippen LogP contribution in [0.25, 0.3) is 0 Å². The van der Waals surface area contributed by atoms with Gasteiger partial charge < -0.3 is 0 Å². The predicted molar refractivity (Wildman–Crippen MR) is 115 cm³/mol. The first kappa shape index (κ1) is 17.8. The Labute approximate surface area is 172 Å². The van der Waals surface area contributed by atoms with E-state index in [0.29, 0.717) is 13.1 Å². The number of amides is 1. The number of hydrogen-bond acceptors (Lipinski definition) is 5. The van der Waals surface area contributed by atoms with Crippen LogP contribution in [0.2, 0.25) is 0 Å². The van der Waals surface area contributed by atoms with Crippen molar-refractivity contribution in [2.75, 3.05) is 19.6 Å². The number of rotatable bonds is 4. The molecule has 6 heteroatoms. The van der Waals surface area contributed by atoms with E-state index in [1.54, 1.807) is 16.3 Å². The molecule has 0 saturated carbocycles. The minimum atomic E-state index is 0.0890. The summed E-state index contributed by atoms with van der Waals surface area (Å²) >= 11 is 3.60. The summed E-state index contributed by atoms with van der Waals surface area (Å²) < 4.78 is 0. The zero-order valence-electron chi connectivity index (χ0n) is 15.5. The van der Waals surface area contributed by atoms with Crippen LogP contribution in [0.15, 0.2) is 64.4 Å². The quantitative estimate of drug-likeness (QED) is 0.643. The van der Waals surface area contributed by atoms with Gasteiger partial charge in [-0.25, -0.2) is 5.01 Å². The fraction of sp³-hybridized carbons (Fsp3) is 0.273. The van der Waals surface area contributed by atoms with Crippen molar-refractivity contribution >= 4 is 34.3 Å². The predicted octanol–water partition coefficient (Wildman–Crippen LogP) is 4.39. The Bertz CT molecular complexity index is 994. The molecule has 2 aromatic heterocycles. The average molecular weight is 408 g/mol. The molecular formula is C22H21N3OS2. The van der Waals surface area contributed by atoms with Gasteiger partial charge in [0.2, 0.25) is 0 Å². The SMILES string of the molecule is O=C(CN1CCc2sccc2[C@@H]1c1cccs1)N1CCC(c2ccccc2)=N1. The number of benzene rings is 1. The molecule has 4 heterocycles. The summed E-state index contributed by atoms with van der Waals surface area (Å²) in [5.74, 6) is 0.0890. The lowest BCUT2D eigenvalue weighted by molar-refractivity contribution is -0.132. The number of carbonyl (C=O) groups excluding carboxylic acids is 1. The van der Waals surface area contributed by atoms with Gasteiger partial charge in [-0.2, -0.15) is 5.10 Å². The van der Waals surface area contributed by atoms with Crippen LogP contribution in [0.4, 0.5) is 0 Å². The molecule has 142 valence electrons. The van der Waals surface area contributed by atoms with Gasteiger partial charge in [0.15, 0.2) is 0 Å². The van der Waals surface area contributed by atoms with Gasteiger partial charge in [0.05, 0.1) is 24.8 Å². The third-order valence-electron chi connectivity index (χ3n) is 5.41. The van der Waals surface area contributed by atoms with E-state index in [0.717, 1.165) is 30.7 Å². The van der Waals surface area contributed by atoms with Crippen LogP contribution in [0.3, 0.4) is 0 Å². The van der Waals surface area contributed by atoms with Crippen LogP contribution in [0.1, 0.15) is 33.3 Å². The fourth-order valence-corrected chi connectivity index (χ4v) is 5.82. The number of thiophene rings is 2. The van der Waals surface area contributed by atoms with Crippen molar-refractivity contribution in [1.29, 1.82) is 0 Å². The molecule has 1 atom stereocenters. The highest BCUT2D eigenvalue weighted by Crippen LogP contribution is 2.39. The van der Waals surface area contributed by atoms with E-state index < -0.39 is 0 Å². The second kappa shape index (κ2) is 7.62. The number of hydrogen-bond donors (Lipinski definition) is 0. The molecule has 1 aromatic carbocycles. The van der Waals surface area contributed by atoms with Crippen LogP contribution >= 0.6 is 22.7 Å². The molecule has 2 aliphatic rings. The summed E-state index contributed by atoms with van der Waals surface area (Å²) in [4.78, 5) is 18.1. The Morgan fingerprint density at radius 1 is 1.00 bits per heavy atom. The van der Waals surface area contributed by atoms with Gasteiger partial charge in [-0.05, 0) is 40.4 Å². The van der Waals surface area contributed by atoms with Gasteiger partial charge in [0.1, 0.15) is 0 Å². The lowest BCUT2D eigenvalue weighted by Gasteiger charge is -2.35. The molecular weight excluding hydrogens is 386 g/mol. The Hall–Kier alpha value is -2.28. The van der Waals surface area contributed by atoms with Crippen LogP contribution in [-0.2, 0) is 11.2 Å². The van der Waals surface area contributed by atoms with E-state index in [9.17, 15) is 4.79 Å². The summed E-state index contributed by atoms with van der Waals surface area (Å²) in [6.07, 6.45) is 1.83. The van der Waals surface area contributed by atoms with Gasteiger partial charge in [0.25, 0.3) is 5.91 Å². The lowest BCUT2D eigenvalue weighted by atomic mass is 9.98. The molecule has 5 rings (SSSR count). The van der Waals surface area contributed by atoms with Crippen LogP contribution < -0.4 is 0 Å². The second-order valence-electron chi connectivity index (χ2n) is 7.12. The van der Waals surface area contributed by atoms with E-state index in [1.807, 2.05) is 29.5 Å². The molecule has 0 N–H and O–H groups in total. The molecule has 0 radical (unpaired) electrons. The third kappa shape index (κ3) is 3.32. The van der Waals surface area contributed by atoms with E-state index in [2.05, 4.69) is 51.1 Å². The highest BCUT2D eigenvalue weighted by molar-refractivity contribution is 7.10. The van der Waals surface area contributed by atoms with Crippen molar-refractivity contribution in [2.24, 2.45) is 5.10 Å². The maximum Gasteiger partial charge on any atom is 0.256 e. The first-order chi connectivity index (χ1) is 13.8. The molecule has 2 aliphatic heterocycles. The maximum absolute atomic E-state index is 13.0. The number of nitrogens with zero attached hydrogens (tertiary/aromatic N) is 3. The largest absolute Gasteiger partial charge is 0.282 e. The van der Waals surface area contributed by atoms with Gasteiger partial charge in [0, 0.05) is 22.7 Å². The topological polar surface area (TPSA) is 35.9 Å². The molecule has 0 aliphatic carbocycles. The molecule has 3 aromatic rings. The van der Waals surface area contributed by atoms with Crippen molar-refractivity contribution in [3.05, 3.63) is 80.2 Å². The highest BCUT2D eigenvalue weighted by atomic mass is 32.1. The standard InChI is InChI=1S/C22H21N3OS2/c26-21(25-12-8-18(23-25)16-5-2-1-3-6-16)15-24-11-9-19-17(10-14-28-19)22(24)20-7-4-13-27-20/h1-7,10,13-14,22H,8-9,11-12,15H2/t22-/m1/s1. The van der Waals surface area contributed by atoms with Crippen molar-refractivity contribution < 1.29 is 4.79 Å². The summed E-state index contributed by atoms with van der Waals surface area (Å²) in [7, 11) is 0. The summed E-state index contributed by atoms with van der Waals surface area (Å²) in [5, 5.41) is 10.6. The molecule has 0 spiro atoms. The normalized spacial score (nSPS) is 19.5. The molecule has 0 fully saturated rings. The van der Waals surface area contributed by atoms with Crippen molar-refractivity contribution in [2.45, 2.75) is 18.9 Å². The monoisotopic (exact) mass is 407 g/mol. The maximum atomic E-state index is 13.0. The molecule has 0 bridgehead atoms. The number of fused-ring (bicyclic) bond motifs is 1. The fourth-order valence-electron chi connectivity index (χ4n) is 4.04. The smallest absolute Gasteiger partial charge is 0.256 e. The van der Waals surface area contributed by atoms with E-state index >= 15 is 0 Å². The molecule has 0 unspecified atom stereocenters. The van der Waals surface area contributed by atoms with Gasteiger partial charge in [-0.3, -0.25) is 9.69 Å². The first-order valence-electron chi connectivity index (χ1n) is 9.56. The molecule has 0 saturated heterocycles. The van der Waals surface area contributed by atoms with Gasteiger partial charge in [-0.15, -0.1) is 22.7 Å². The van der Waals surface area contributed by atoms with E-state index in [1.165, 1.54) is 15.3 Å². The summed E-state index contributed by atoms with van der Waals surface area (Å²) in [5.41, 5.74) is 3.47. The minimum Gasteiger partial charge on any atom is -0.282 e. The van der Waals surface area contributed by atoms with Crippen LogP contribution in [0, 0.1) is 0 Å². The first-order valence-corrected chi connectivity index (χ1v) is 11.3. The second-order valence-corrected chi connectivity index (χ2v) is 9.10. The van der Waals surface area contributed by atoms with Crippen molar-refractivity contribution in [3.8, 4) is 0 Å². The van der Waals surface area contributed by atoms with Crippen molar-refractivity contribution in [3.63, 3.8) is 0 Å². The molecule has 28 heavy (non-hydrogen) atoms. The molecule has 4 nitrogen and oxygen atoms in total. The summed E-state index contributed by atoms with van der Waals surface area (Å²) in [6, 6.07) is 16.8. The van der Waals surface area contributed by atoms with Crippen LogP contribution in [0.5, 0.6) is 0 Å². The number of hydrazone groups is 1. The average Bonchev–Trinajstić information content (AvgIpc) is 3.49. The van der Waals surface area contributed by atoms with Gasteiger partial charge in [-0.1, -0.05) is 36.4 Å². The van der Waals surface area contributed by atoms with Crippen molar-refractivity contribution in [1.82, 2.24) is 9.91 Å². The number of carbonyl (C=O) groups is 1. The minimum absolute atomic E-state index is 0.0890. The zero-order valence-corrected chi connectivity index (χ0v) is 17.1. The summed E-state index contributed by atoms with van der Waals surface area (Å²) in [6.45, 7) is 1.98. The molecule has 1 amide bonds. The Balaban J connectivity index is 1.35. The van der Waals surface area contributed by atoms with Crippen LogP contribution in [-0.4, -0.2) is 41.2 Å². The van der Waals surface area contributed by atoms with Gasteiger partial charge >= 0.3 is 0 Å².